The van der Waals surface area contributed by atoms with Crippen LogP contribution in [0.3, 0.4) is 0 Å². The molecular weight excluding hydrogens is 290 g/mol. The average Bonchev–Trinajstić information content (AvgIpc) is 2.49. The highest BCUT2D eigenvalue weighted by Crippen LogP contribution is 2.16. The number of anilines is 1. The third-order valence-electron chi connectivity index (χ3n) is 2.80. The standard InChI is InChI=1S/C14H13N3O3S/c1-11(15-17-18)12-7-9-13(10-8-12)16-21(19,20)14-5-3-2-4-6-14/h2-10,16H,1H3. The summed E-state index contributed by atoms with van der Waals surface area (Å²) in [7, 11) is -3.61. The molecule has 21 heavy (non-hydrogen) atoms. The molecule has 2 aromatic carbocycles. The smallest absolute Gasteiger partial charge is 0.261 e. The number of nitrogens with zero attached hydrogens (tertiary/aromatic N) is 2. The van der Waals surface area contributed by atoms with E-state index in [1.54, 1.807) is 49.4 Å². The van der Waals surface area contributed by atoms with Crippen molar-refractivity contribution in [1.29, 1.82) is 0 Å². The Hall–Kier alpha value is -2.54. The molecule has 0 saturated carbocycles. The molecule has 0 spiro atoms. The number of benzene rings is 2. The van der Waals surface area contributed by atoms with Gasteiger partial charge in [-0.25, -0.2) is 8.42 Å². The van der Waals surface area contributed by atoms with Crippen molar-refractivity contribution in [2.75, 3.05) is 4.72 Å². The van der Waals surface area contributed by atoms with Crippen molar-refractivity contribution >= 4 is 21.4 Å². The fraction of sp³-hybridized carbons (Fsp3) is 0.0714. The SMILES string of the molecule is CC(=NN=O)c1ccc(NS(=O)(=O)c2ccccc2)cc1. The first-order valence-electron chi connectivity index (χ1n) is 6.08. The largest absolute Gasteiger partial charge is 0.280 e. The van der Waals surface area contributed by atoms with Crippen LogP contribution in [0, 0.1) is 4.91 Å². The molecule has 0 aliphatic heterocycles. The highest BCUT2D eigenvalue weighted by atomic mass is 32.2. The third-order valence-corrected chi connectivity index (χ3v) is 4.20. The van der Waals surface area contributed by atoms with E-state index in [4.69, 9.17) is 0 Å². The maximum absolute atomic E-state index is 12.1. The Morgan fingerprint density at radius 2 is 1.62 bits per heavy atom. The lowest BCUT2D eigenvalue weighted by atomic mass is 10.1. The average molecular weight is 303 g/mol. The minimum absolute atomic E-state index is 0.192. The van der Waals surface area contributed by atoms with Crippen LogP contribution in [0.4, 0.5) is 5.69 Å². The first-order chi connectivity index (χ1) is 10.0. The van der Waals surface area contributed by atoms with E-state index in [1.165, 1.54) is 12.1 Å². The molecule has 0 aromatic heterocycles. The Morgan fingerprint density at radius 1 is 1.00 bits per heavy atom. The number of nitrogens with one attached hydrogen (secondary N) is 1. The van der Waals surface area contributed by atoms with Crippen molar-refractivity contribution in [1.82, 2.24) is 0 Å². The molecule has 0 fully saturated rings. The summed E-state index contributed by atoms with van der Waals surface area (Å²) in [5.74, 6) is 0. The Kier molecular flexibility index (Phi) is 4.44. The van der Waals surface area contributed by atoms with Crippen LogP contribution in [0.2, 0.25) is 0 Å². The first kappa shape index (κ1) is 14.9. The highest BCUT2D eigenvalue weighted by molar-refractivity contribution is 7.92. The van der Waals surface area contributed by atoms with Gasteiger partial charge < -0.3 is 0 Å². The Morgan fingerprint density at radius 3 is 2.19 bits per heavy atom. The summed E-state index contributed by atoms with van der Waals surface area (Å²) in [6, 6.07) is 14.6. The monoisotopic (exact) mass is 303 g/mol. The fourth-order valence-electron chi connectivity index (χ4n) is 1.71. The van der Waals surface area contributed by atoms with Gasteiger partial charge in [-0.2, -0.15) is 0 Å². The maximum Gasteiger partial charge on any atom is 0.261 e. The van der Waals surface area contributed by atoms with Crippen LogP contribution in [0.1, 0.15) is 12.5 Å². The molecule has 0 aliphatic rings. The number of sulfonamides is 1. The van der Waals surface area contributed by atoms with Crippen molar-refractivity contribution < 1.29 is 8.42 Å². The van der Waals surface area contributed by atoms with E-state index in [-0.39, 0.29) is 4.90 Å². The van der Waals surface area contributed by atoms with Crippen molar-refractivity contribution in [3.05, 3.63) is 65.1 Å². The van der Waals surface area contributed by atoms with Crippen molar-refractivity contribution in [3.8, 4) is 0 Å². The van der Waals surface area contributed by atoms with Crippen molar-refractivity contribution in [2.45, 2.75) is 11.8 Å². The third kappa shape index (κ3) is 3.73. The summed E-state index contributed by atoms with van der Waals surface area (Å²) >= 11 is 0. The number of nitroso groups, excluding NO2 is 1. The Labute approximate surface area is 122 Å². The van der Waals surface area contributed by atoms with Crippen LogP contribution >= 0.6 is 0 Å². The molecule has 0 unspecified atom stereocenters. The summed E-state index contributed by atoms with van der Waals surface area (Å²) in [4.78, 5) is 10.3. The van der Waals surface area contributed by atoms with Gasteiger partial charge in [0.2, 0.25) is 0 Å². The minimum atomic E-state index is -3.61. The van der Waals surface area contributed by atoms with Crippen LogP contribution in [0.25, 0.3) is 0 Å². The lowest BCUT2D eigenvalue weighted by molar-refractivity contribution is 0.601. The molecule has 2 rings (SSSR count). The molecular formula is C14H13N3O3S. The predicted octanol–water partition coefficient (Wildman–Crippen LogP) is 2.98. The summed E-state index contributed by atoms with van der Waals surface area (Å²) in [6.07, 6.45) is 0. The van der Waals surface area contributed by atoms with E-state index in [0.29, 0.717) is 17.0 Å². The molecule has 0 amide bonds. The lowest BCUT2D eigenvalue weighted by Gasteiger charge is -2.08. The fourth-order valence-corrected chi connectivity index (χ4v) is 2.79. The van der Waals surface area contributed by atoms with E-state index >= 15 is 0 Å². The van der Waals surface area contributed by atoms with E-state index < -0.39 is 10.0 Å². The number of hydrogen-bond donors (Lipinski definition) is 1. The van der Waals surface area contributed by atoms with Gasteiger partial charge in [-0.05, 0) is 36.8 Å². The van der Waals surface area contributed by atoms with Gasteiger partial charge >= 0.3 is 0 Å². The molecule has 6 nitrogen and oxygen atoms in total. The quantitative estimate of drug-likeness (QED) is 0.523. The molecule has 0 aliphatic carbocycles. The van der Waals surface area contributed by atoms with Crippen LogP contribution in [-0.4, -0.2) is 14.1 Å². The van der Waals surface area contributed by atoms with Crippen LogP contribution < -0.4 is 4.72 Å². The molecule has 0 bridgehead atoms. The van der Waals surface area contributed by atoms with Crippen LogP contribution in [-0.2, 0) is 10.0 Å². The minimum Gasteiger partial charge on any atom is -0.280 e. The zero-order chi connectivity index (χ0) is 15.3. The van der Waals surface area contributed by atoms with Gasteiger partial charge in [0.25, 0.3) is 10.0 Å². The van der Waals surface area contributed by atoms with Gasteiger partial charge in [0, 0.05) is 5.69 Å². The van der Waals surface area contributed by atoms with Gasteiger partial charge in [0.05, 0.1) is 15.9 Å². The van der Waals surface area contributed by atoms with E-state index in [0.717, 1.165) is 0 Å². The van der Waals surface area contributed by atoms with Gasteiger partial charge in [0.1, 0.15) is 0 Å². The highest BCUT2D eigenvalue weighted by Gasteiger charge is 2.13. The zero-order valence-corrected chi connectivity index (χ0v) is 12.0. The molecule has 0 radical (unpaired) electrons. The van der Waals surface area contributed by atoms with Crippen LogP contribution in [0.5, 0.6) is 0 Å². The Bertz CT molecular complexity index is 754. The second kappa shape index (κ2) is 6.27. The molecule has 0 heterocycles. The molecule has 0 atom stereocenters. The first-order valence-corrected chi connectivity index (χ1v) is 7.56. The second-order valence-corrected chi connectivity index (χ2v) is 5.95. The molecule has 2 aromatic rings. The number of rotatable bonds is 5. The maximum atomic E-state index is 12.1. The molecule has 1 N–H and O–H groups in total. The van der Waals surface area contributed by atoms with E-state index in [2.05, 4.69) is 15.1 Å². The van der Waals surface area contributed by atoms with Gasteiger partial charge in [-0.1, -0.05) is 30.3 Å². The van der Waals surface area contributed by atoms with E-state index in [1.807, 2.05) is 0 Å². The van der Waals surface area contributed by atoms with Gasteiger partial charge in [-0.15, -0.1) is 10.0 Å². The lowest BCUT2D eigenvalue weighted by Crippen LogP contribution is -2.12. The zero-order valence-electron chi connectivity index (χ0n) is 11.2. The predicted molar refractivity (Wildman–Crippen MR) is 81.7 cm³/mol. The molecule has 0 saturated heterocycles. The van der Waals surface area contributed by atoms with E-state index in [9.17, 15) is 13.3 Å². The Balaban J connectivity index is 2.21. The van der Waals surface area contributed by atoms with Gasteiger partial charge in [-0.3, -0.25) is 4.72 Å². The topological polar surface area (TPSA) is 88.0 Å². The summed E-state index contributed by atoms with van der Waals surface area (Å²) < 4.78 is 26.7. The normalized spacial score (nSPS) is 12.0. The molecule has 108 valence electrons. The second-order valence-electron chi connectivity index (χ2n) is 4.26. The number of hydrogen-bond acceptors (Lipinski definition) is 4. The van der Waals surface area contributed by atoms with Crippen molar-refractivity contribution in [2.24, 2.45) is 10.4 Å². The summed E-state index contributed by atoms with van der Waals surface area (Å²) in [5.41, 5.74) is 1.58. The molecule has 7 heteroatoms. The van der Waals surface area contributed by atoms with Crippen LogP contribution in [0.15, 0.2) is 69.9 Å². The summed E-state index contributed by atoms with van der Waals surface area (Å²) in [5, 5.41) is 5.85. The summed E-state index contributed by atoms with van der Waals surface area (Å²) in [6.45, 7) is 1.64. The van der Waals surface area contributed by atoms with Gasteiger partial charge in [0.15, 0.2) is 0 Å². The van der Waals surface area contributed by atoms with Crippen molar-refractivity contribution in [3.63, 3.8) is 0 Å².